The Morgan fingerprint density at radius 2 is 1.70 bits per heavy atom. The molecule has 4 aromatic rings. The molecule has 2 aromatic carbocycles. The molecule has 9 heteroatoms. The Labute approximate surface area is 173 Å². The first-order chi connectivity index (χ1) is 14.4. The summed E-state index contributed by atoms with van der Waals surface area (Å²) in [5.41, 5.74) is 3.42. The number of hydrogen-bond donors (Lipinski definition) is 2. The van der Waals surface area contributed by atoms with Crippen molar-refractivity contribution in [3.8, 4) is 5.82 Å². The summed E-state index contributed by atoms with van der Waals surface area (Å²) in [5.74, 6) is 0.566. The molecule has 0 saturated carbocycles. The molecule has 2 aromatic heterocycles. The van der Waals surface area contributed by atoms with Crippen molar-refractivity contribution < 1.29 is 13.2 Å². The minimum atomic E-state index is -3.74. The number of imidazole rings is 1. The van der Waals surface area contributed by atoms with Crippen molar-refractivity contribution in [1.29, 1.82) is 0 Å². The largest absolute Gasteiger partial charge is 0.352 e. The molecule has 0 bridgehead atoms. The molecule has 0 fully saturated rings. The molecule has 30 heavy (non-hydrogen) atoms. The Hall–Kier alpha value is -3.56. The van der Waals surface area contributed by atoms with E-state index >= 15 is 0 Å². The molecule has 0 saturated heterocycles. The lowest BCUT2D eigenvalue weighted by atomic mass is 10.1. The molecule has 0 atom stereocenters. The predicted molar refractivity (Wildman–Crippen MR) is 112 cm³/mol. The van der Waals surface area contributed by atoms with Crippen LogP contribution >= 0.6 is 0 Å². The summed E-state index contributed by atoms with van der Waals surface area (Å²) in [4.78, 5) is 21.0. The molecule has 2 heterocycles. The van der Waals surface area contributed by atoms with Crippen molar-refractivity contribution >= 4 is 27.0 Å². The van der Waals surface area contributed by atoms with E-state index in [1.165, 1.54) is 12.1 Å². The summed E-state index contributed by atoms with van der Waals surface area (Å²) >= 11 is 0. The Morgan fingerprint density at radius 3 is 2.40 bits per heavy atom. The lowest BCUT2D eigenvalue weighted by Crippen LogP contribution is -2.24. The van der Waals surface area contributed by atoms with Gasteiger partial charge in [-0.3, -0.25) is 9.36 Å². The number of para-hydroxylation sites is 2. The normalized spacial score (nSPS) is 11.5. The third-order valence-corrected chi connectivity index (χ3v) is 5.54. The van der Waals surface area contributed by atoms with Crippen LogP contribution in [0.3, 0.4) is 0 Å². The third kappa shape index (κ3) is 4.37. The van der Waals surface area contributed by atoms with Gasteiger partial charge in [-0.1, -0.05) is 30.3 Å². The molecule has 3 N–H and O–H groups in total. The molecule has 0 unspecified atom stereocenters. The van der Waals surface area contributed by atoms with Crippen molar-refractivity contribution in [2.24, 2.45) is 5.14 Å². The van der Waals surface area contributed by atoms with Gasteiger partial charge in [0.2, 0.25) is 15.9 Å². The number of benzene rings is 2. The number of aromatic nitrogens is 3. The van der Waals surface area contributed by atoms with E-state index in [9.17, 15) is 13.2 Å². The van der Waals surface area contributed by atoms with Gasteiger partial charge in [-0.15, -0.1) is 0 Å². The van der Waals surface area contributed by atoms with Crippen LogP contribution in [-0.4, -0.2) is 28.9 Å². The number of fused-ring (bicyclic) bond motifs is 1. The number of carbonyl (C=O) groups excluding carboxylic acids is 1. The van der Waals surface area contributed by atoms with Gasteiger partial charge >= 0.3 is 0 Å². The van der Waals surface area contributed by atoms with Gasteiger partial charge in [0, 0.05) is 12.7 Å². The van der Waals surface area contributed by atoms with Crippen molar-refractivity contribution in [2.75, 3.05) is 0 Å². The van der Waals surface area contributed by atoms with Gasteiger partial charge in [0.15, 0.2) is 0 Å². The Kier molecular flexibility index (Phi) is 5.30. The van der Waals surface area contributed by atoms with Crippen LogP contribution in [0, 0.1) is 0 Å². The number of amides is 1. The molecule has 0 aliphatic rings. The Morgan fingerprint density at radius 1 is 0.967 bits per heavy atom. The first kappa shape index (κ1) is 19.7. The summed E-state index contributed by atoms with van der Waals surface area (Å²) in [5, 5.41) is 7.91. The van der Waals surface area contributed by atoms with E-state index in [1.807, 2.05) is 41.0 Å². The van der Waals surface area contributed by atoms with E-state index in [2.05, 4.69) is 15.3 Å². The van der Waals surface area contributed by atoms with Crippen LogP contribution in [0.1, 0.15) is 11.1 Å². The fourth-order valence-electron chi connectivity index (χ4n) is 3.05. The summed E-state index contributed by atoms with van der Waals surface area (Å²) in [7, 11) is -3.74. The zero-order valence-corrected chi connectivity index (χ0v) is 16.7. The van der Waals surface area contributed by atoms with Crippen LogP contribution < -0.4 is 10.5 Å². The summed E-state index contributed by atoms with van der Waals surface area (Å²) in [6.07, 6.45) is 3.58. The number of rotatable bonds is 6. The monoisotopic (exact) mass is 421 g/mol. The van der Waals surface area contributed by atoms with E-state index in [0.717, 1.165) is 22.4 Å². The second-order valence-corrected chi connectivity index (χ2v) is 8.33. The molecule has 152 valence electrons. The van der Waals surface area contributed by atoms with Crippen LogP contribution in [-0.2, 0) is 27.8 Å². The maximum Gasteiger partial charge on any atom is 0.238 e. The van der Waals surface area contributed by atoms with Gasteiger partial charge in [0.25, 0.3) is 0 Å². The maximum absolute atomic E-state index is 12.2. The molecule has 0 aliphatic carbocycles. The standard InChI is InChI=1S/C21H19N5O3S/c22-30(28,29)17-8-5-15(6-9-17)11-21(27)24-13-16-7-10-20(23-12-16)26-14-25-18-3-1-2-4-19(18)26/h1-10,12,14H,11,13H2,(H,24,27)(H2,22,28,29). The number of hydrogen-bond acceptors (Lipinski definition) is 5. The molecular weight excluding hydrogens is 402 g/mol. The van der Waals surface area contributed by atoms with Gasteiger partial charge < -0.3 is 5.32 Å². The molecule has 0 aliphatic heterocycles. The zero-order valence-electron chi connectivity index (χ0n) is 15.9. The van der Waals surface area contributed by atoms with Crippen LogP contribution in [0.25, 0.3) is 16.9 Å². The topological polar surface area (TPSA) is 120 Å². The highest BCUT2D eigenvalue weighted by atomic mass is 32.2. The number of nitrogens with two attached hydrogens (primary N) is 1. The van der Waals surface area contributed by atoms with Gasteiger partial charge in [0.05, 0.1) is 22.3 Å². The van der Waals surface area contributed by atoms with Crippen molar-refractivity contribution in [3.05, 3.63) is 84.3 Å². The van der Waals surface area contributed by atoms with E-state index in [0.29, 0.717) is 12.1 Å². The fourth-order valence-corrected chi connectivity index (χ4v) is 3.57. The SMILES string of the molecule is NS(=O)(=O)c1ccc(CC(=O)NCc2ccc(-n3cnc4ccccc43)nc2)cc1. The van der Waals surface area contributed by atoms with Crippen LogP contribution in [0.5, 0.6) is 0 Å². The van der Waals surface area contributed by atoms with Crippen LogP contribution in [0.2, 0.25) is 0 Å². The van der Waals surface area contributed by atoms with Gasteiger partial charge in [-0.25, -0.2) is 23.5 Å². The molecule has 0 spiro atoms. The lowest BCUT2D eigenvalue weighted by molar-refractivity contribution is -0.120. The van der Waals surface area contributed by atoms with E-state index < -0.39 is 10.0 Å². The number of carbonyl (C=O) groups is 1. The van der Waals surface area contributed by atoms with E-state index in [-0.39, 0.29) is 17.2 Å². The minimum Gasteiger partial charge on any atom is -0.352 e. The second-order valence-electron chi connectivity index (χ2n) is 6.77. The summed E-state index contributed by atoms with van der Waals surface area (Å²) < 4.78 is 24.5. The van der Waals surface area contributed by atoms with Crippen molar-refractivity contribution in [2.45, 2.75) is 17.9 Å². The molecule has 0 radical (unpaired) electrons. The third-order valence-electron chi connectivity index (χ3n) is 4.62. The number of nitrogens with one attached hydrogen (secondary N) is 1. The second kappa shape index (κ2) is 8.05. The number of sulfonamides is 1. The Balaban J connectivity index is 1.36. The first-order valence-electron chi connectivity index (χ1n) is 9.16. The molecule has 1 amide bonds. The molecule has 4 rings (SSSR count). The number of pyridine rings is 1. The maximum atomic E-state index is 12.2. The zero-order chi connectivity index (χ0) is 21.1. The fraction of sp³-hybridized carbons (Fsp3) is 0.0952. The first-order valence-corrected chi connectivity index (χ1v) is 10.7. The van der Waals surface area contributed by atoms with Gasteiger partial charge in [-0.05, 0) is 41.5 Å². The molecule has 8 nitrogen and oxygen atoms in total. The van der Waals surface area contributed by atoms with Gasteiger partial charge in [-0.2, -0.15) is 0 Å². The van der Waals surface area contributed by atoms with Crippen molar-refractivity contribution in [1.82, 2.24) is 19.9 Å². The summed E-state index contributed by atoms with van der Waals surface area (Å²) in [6, 6.07) is 17.5. The van der Waals surface area contributed by atoms with E-state index in [4.69, 9.17) is 5.14 Å². The van der Waals surface area contributed by atoms with Gasteiger partial charge in [0.1, 0.15) is 12.1 Å². The predicted octanol–water partition coefficient (Wildman–Crippen LogP) is 1.93. The highest BCUT2D eigenvalue weighted by molar-refractivity contribution is 7.89. The minimum absolute atomic E-state index is 0.0171. The highest BCUT2D eigenvalue weighted by Crippen LogP contribution is 2.16. The van der Waals surface area contributed by atoms with Crippen LogP contribution in [0.4, 0.5) is 0 Å². The lowest BCUT2D eigenvalue weighted by Gasteiger charge is -2.08. The van der Waals surface area contributed by atoms with Crippen molar-refractivity contribution in [3.63, 3.8) is 0 Å². The van der Waals surface area contributed by atoms with E-state index in [1.54, 1.807) is 24.7 Å². The highest BCUT2D eigenvalue weighted by Gasteiger charge is 2.09. The summed E-state index contributed by atoms with van der Waals surface area (Å²) in [6.45, 7) is 0.339. The Bertz CT molecular complexity index is 1300. The number of nitrogens with zero attached hydrogens (tertiary/aromatic N) is 3. The quantitative estimate of drug-likeness (QED) is 0.493. The molecular formula is C21H19N5O3S. The van der Waals surface area contributed by atoms with Crippen LogP contribution in [0.15, 0.2) is 78.1 Å². The number of primary sulfonamides is 1. The smallest absolute Gasteiger partial charge is 0.238 e. The average Bonchev–Trinajstić information content (AvgIpc) is 3.17. The average molecular weight is 421 g/mol.